The minimum absolute atomic E-state index is 0.0517. The molecule has 5 heteroatoms. The molecule has 0 unspecified atom stereocenters. The highest BCUT2D eigenvalue weighted by Gasteiger charge is 2.05. The van der Waals surface area contributed by atoms with E-state index in [0.717, 1.165) is 16.8 Å². The van der Waals surface area contributed by atoms with Crippen LogP contribution in [0.3, 0.4) is 0 Å². The lowest BCUT2D eigenvalue weighted by Crippen LogP contribution is -2.07. The van der Waals surface area contributed by atoms with Gasteiger partial charge in [0, 0.05) is 11.8 Å². The summed E-state index contributed by atoms with van der Waals surface area (Å²) < 4.78 is 10.5. The molecule has 0 bridgehead atoms. The van der Waals surface area contributed by atoms with Gasteiger partial charge in [0.25, 0.3) is 0 Å². The van der Waals surface area contributed by atoms with E-state index in [9.17, 15) is 4.79 Å². The van der Waals surface area contributed by atoms with Crippen LogP contribution >= 0.6 is 0 Å². The molecule has 0 aromatic heterocycles. The molecule has 2 rings (SSSR count). The predicted octanol–water partition coefficient (Wildman–Crippen LogP) is 3.87. The van der Waals surface area contributed by atoms with Crippen LogP contribution < -0.4 is 14.8 Å². The molecule has 0 aliphatic carbocycles. The second-order valence-corrected chi connectivity index (χ2v) is 5.48. The average molecular weight is 336 g/mol. The maximum atomic E-state index is 12.1. The van der Waals surface area contributed by atoms with E-state index < -0.39 is 0 Å². The zero-order valence-electron chi connectivity index (χ0n) is 14.5. The molecule has 0 heterocycles. The Kier molecular flexibility index (Phi) is 6.19. The van der Waals surface area contributed by atoms with Crippen LogP contribution in [0.1, 0.15) is 16.7 Å². The number of nitrogens with one attached hydrogen (secondary N) is 1. The molecule has 0 fully saturated rings. The zero-order valence-corrected chi connectivity index (χ0v) is 14.5. The van der Waals surface area contributed by atoms with Crippen molar-refractivity contribution in [1.29, 1.82) is 5.26 Å². The van der Waals surface area contributed by atoms with E-state index >= 15 is 0 Å². The summed E-state index contributed by atoms with van der Waals surface area (Å²) in [4.78, 5) is 12.1. The van der Waals surface area contributed by atoms with Crippen molar-refractivity contribution in [3.05, 3.63) is 59.2 Å². The molecular weight excluding hydrogens is 316 g/mol. The van der Waals surface area contributed by atoms with E-state index in [4.69, 9.17) is 14.7 Å². The molecule has 128 valence electrons. The van der Waals surface area contributed by atoms with E-state index in [1.807, 2.05) is 38.1 Å². The molecule has 0 radical (unpaired) electrons. The van der Waals surface area contributed by atoms with Crippen LogP contribution in [0.5, 0.6) is 11.5 Å². The number of amides is 1. The number of nitriles is 1. The van der Waals surface area contributed by atoms with Gasteiger partial charge in [0.1, 0.15) is 6.07 Å². The summed E-state index contributed by atoms with van der Waals surface area (Å²) >= 11 is 0. The second kappa shape index (κ2) is 8.55. The standard InChI is InChI=1S/C20H20N2O3/c1-14-4-7-17(12-15(14)2)22-20(23)9-6-16-5-8-18(25-11-10-21)19(13-16)24-3/h4-9,12-13H,11H2,1-3H3,(H,22,23)/b9-6+. The van der Waals surface area contributed by atoms with Gasteiger partial charge in [-0.3, -0.25) is 4.79 Å². The first kappa shape index (κ1) is 18.1. The molecular formula is C20H20N2O3. The average Bonchev–Trinajstić information content (AvgIpc) is 2.61. The van der Waals surface area contributed by atoms with Crippen molar-refractivity contribution < 1.29 is 14.3 Å². The fourth-order valence-electron chi connectivity index (χ4n) is 2.19. The second-order valence-electron chi connectivity index (χ2n) is 5.48. The highest BCUT2D eigenvalue weighted by atomic mass is 16.5. The smallest absolute Gasteiger partial charge is 0.248 e. The van der Waals surface area contributed by atoms with E-state index in [1.54, 1.807) is 24.3 Å². The number of aryl methyl sites for hydroxylation is 2. The van der Waals surface area contributed by atoms with Gasteiger partial charge in [-0.05, 0) is 60.9 Å². The van der Waals surface area contributed by atoms with Gasteiger partial charge in [-0.2, -0.15) is 5.26 Å². The van der Waals surface area contributed by atoms with Crippen LogP contribution in [0.4, 0.5) is 5.69 Å². The normalized spacial score (nSPS) is 10.3. The van der Waals surface area contributed by atoms with Crippen molar-refractivity contribution in [3.8, 4) is 17.6 Å². The van der Waals surface area contributed by atoms with Gasteiger partial charge in [-0.1, -0.05) is 12.1 Å². The Morgan fingerprint density at radius 2 is 1.96 bits per heavy atom. The number of methoxy groups -OCH3 is 1. The van der Waals surface area contributed by atoms with Crippen molar-refractivity contribution in [2.45, 2.75) is 13.8 Å². The van der Waals surface area contributed by atoms with Gasteiger partial charge >= 0.3 is 0 Å². The number of rotatable bonds is 6. The molecule has 1 N–H and O–H groups in total. The van der Waals surface area contributed by atoms with Crippen molar-refractivity contribution in [2.75, 3.05) is 19.0 Å². The maximum absolute atomic E-state index is 12.1. The van der Waals surface area contributed by atoms with Crippen LogP contribution in [0.25, 0.3) is 6.08 Å². The highest BCUT2D eigenvalue weighted by Crippen LogP contribution is 2.28. The molecule has 0 saturated carbocycles. The Balaban J connectivity index is 2.06. The number of hydrogen-bond acceptors (Lipinski definition) is 4. The Hall–Kier alpha value is -3.26. The molecule has 2 aromatic rings. The van der Waals surface area contributed by atoms with Crippen LogP contribution in [0.2, 0.25) is 0 Å². The van der Waals surface area contributed by atoms with Crippen molar-refractivity contribution in [3.63, 3.8) is 0 Å². The van der Waals surface area contributed by atoms with E-state index in [-0.39, 0.29) is 12.5 Å². The van der Waals surface area contributed by atoms with E-state index in [0.29, 0.717) is 11.5 Å². The van der Waals surface area contributed by atoms with Gasteiger partial charge < -0.3 is 14.8 Å². The molecule has 0 spiro atoms. The van der Waals surface area contributed by atoms with Crippen molar-refractivity contribution >= 4 is 17.7 Å². The summed E-state index contributed by atoms with van der Waals surface area (Å²) in [5.41, 5.74) is 3.85. The first-order chi connectivity index (χ1) is 12.0. The summed E-state index contributed by atoms with van der Waals surface area (Å²) in [6.45, 7) is 3.98. The number of hydrogen-bond donors (Lipinski definition) is 1. The van der Waals surface area contributed by atoms with Crippen molar-refractivity contribution in [2.24, 2.45) is 0 Å². The first-order valence-corrected chi connectivity index (χ1v) is 7.77. The third kappa shape index (κ3) is 5.11. The predicted molar refractivity (Wildman–Crippen MR) is 97.7 cm³/mol. The summed E-state index contributed by atoms with van der Waals surface area (Å²) in [5.74, 6) is 0.778. The van der Waals surface area contributed by atoms with Crippen LogP contribution in [-0.4, -0.2) is 19.6 Å². The van der Waals surface area contributed by atoms with Crippen LogP contribution in [0.15, 0.2) is 42.5 Å². The summed E-state index contributed by atoms with van der Waals surface area (Å²) in [6, 6.07) is 12.9. The number of nitrogens with zero attached hydrogens (tertiary/aromatic N) is 1. The fourth-order valence-corrected chi connectivity index (χ4v) is 2.19. The number of carbonyl (C=O) groups excluding carboxylic acids is 1. The van der Waals surface area contributed by atoms with Gasteiger partial charge in [0.2, 0.25) is 5.91 Å². The van der Waals surface area contributed by atoms with Gasteiger partial charge in [-0.25, -0.2) is 0 Å². The third-order valence-electron chi connectivity index (χ3n) is 3.68. The van der Waals surface area contributed by atoms with Gasteiger partial charge in [-0.15, -0.1) is 0 Å². The first-order valence-electron chi connectivity index (χ1n) is 7.77. The number of anilines is 1. The highest BCUT2D eigenvalue weighted by molar-refractivity contribution is 6.02. The van der Waals surface area contributed by atoms with Crippen LogP contribution in [0, 0.1) is 25.2 Å². The Morgan fingerprint density at radius 1 is 1.16 bits per heavy atom. The minimum atomic E-state index is -0.216. The Labute approximate surface area is 147 Å². The Bertz CT molecular complexity index is 835. The van der Waals surface area contributed by atoms with Gasteiger partial charge in [0.15, 0.2) is 18.1 Å². The monoisotopic (exact) mass is 336 g/mol. The van der Waals surface area contributed by atoms with Crippen molar-refractivity contribution in [1.82, 2.24) is 0 Å². The zero-order chi connectivity index (χ0) is 18.2. The summed E-state index contributed by atoms with van der Waals surface area (Å²) in [6.07, 6.45) is 3.15. The lowest BCUT2D eigenvalue weighted by atomic mass is 10.1. The van der Waals surface area contributed by atoms with E-state index in [2.05, 4.69) is 5.32 Å². The quantitative estimate of drug-likeness (QED) is 0.813. The molecule has 25 heavy (non-hydrogen) atoms. The van der Waals surface area contributed by atoms with E-state index in [1.165, 1.54) is 18.7 Å². The third-order valence-corrected chi connectivity index (χ3v) is 3.68. The number of benzene rings is 2. The molecule has 1 amide bonds. The molecule has 0 atom stereocenters. The number of ether oxygens (including phenoxy) is 2. The van der Waals surface area contributed by atoms with Crippen LogP contribution in [-0.2, 0) is 4.79 Å². The van der Waals surface area contributed by atoms with Gasteiger partial charge in [0.05, 0.1) is 7.11 Å². The fraction of sp³-hybridized carbons (Fsp3) is 0.200. The topological polar surface area (TPSA) is 71.3 Å². The largest absolute Gasteiger partial charge is 0.493 e. The SMILES string of the molecule is COc1cc(/C=C/C(=O)Nc2ccc(C)c(C)c2)ccc1OCC#N. The maximum Gasteiger partial charge on any atom is 0.248 e. The lowest BCUT2D eigenvalue weighted by Gasteiger charge is -2.09. The summed E-state index contributed by atoms with van der Waals surface area (Å²) in [7, 11) is 1.52. The molecule has 0 saturated heterocycles. The molecule has 0 aliphatic heterocycles. The minimum Gasteiger partial charge on any atom is -0.493 e. The number of carbonyl (C=O) groups is 1. The Morgan fingerprint density at radius 3 is 2.64 bits per heavy atom. The summed E-state index contributed by atoms with van der Waals surface area (Å²) in [5, 5.41) is 11.4. The lowest BCUT2D eigenvalue weighted by molar-refractivity contribution is -0.111. The molecule has 0 aliphatic rings. The molecule has 5 nitrogen and oxygen atoms in total. The molecule has 2 aromatic carbocycles.